The highest BCUT2D eigenvalue weighted by molar-refractivity contribution is 9.10. The topological polar surface area (TPSA) is 58.6 Å². The smallest absolute Gasteiger partial charge is 0.260 e. The fourth-order valence-corrected chi connectivity index (χ4v) is 2.06. The van der Waals surface area contributed by atoms with Crippen LogP contribution in [0.4, 0.5) is 0 Å². The van der Waals surface area contributed by atoms with Gasteiger partial charge >= 0.3 is 0 Å². The van der Waals surface area contributed by atoms with Crippen molar-refractivity contribution in [1.29, 1.82) is 0 Å². The van der Waals surface area contributed by atoms with E-state index in [1.807, 2.05) is 32.0 Å². The summed E-state index contributed by atoms with van der Waals surface area (Å²) in [5.74, 6) is 0.387. The number of halogens is 1. The third-order valence-electron chi connectivity index (χ3n) is 3.42. The Labute approximate surface area is 128 Å². The Morgan fingerprint density at radius 1 is 1.40 bits per heavy atom. The fraction of sp³-hybridized carbons (Fsp3) is 0.533. The normalized spacial score (nSPS) is 12.8. The predicted molar refractivity (Wildman–Crippen MR) is 82.8 cm³/mol. The maximum Gasteiger partial charge on any atom is 0.260 e. The van der Waals surface area contributed by atoms with E-state index in [9.17, 15) is 9.90 Å². The minimum absolute atomic E-state index is 0.235. The summed E-state index contributed by atoms with van der Waals surface area (Å²) in [6, 6.07) is 7.37. The highest BCUT2D eigenvalue weighted by atomic mass is 79.9. The second-order valence-electron chi connectivity index (χ2n) is 4.84. The third kappa shape index (κ3) is 4.80. The Balaban J connectivity index is 2.54. The van der Waals surface area contributed by atoms with Gasteiger partial charge in [0.25, 0.3) is 5.91 Å². The van der Waals surface area contributed by atoms with Gasteiger partial charge in [-0.3, -0.25) is 4.79 Å². The fourth-order valence-electron chi connectivity index (χ4n) is 1.68. The predicted octanol–water partition coefficient (Wildman–Crippen LogP) is 2.88. The van der Waals surface area contributed by atoms with Crippen molar-refractivity contribution in [2.75, 3.05) is 6.54 Å². The van der Waals surface area contributed by atoms with Crippen LogP contribution in [0, 0.1) is 0 Å². The Morgan fingerprint density at radius 3 is 2.55 bits per heavy atom. The van der Waals surface area contributed by atoms with Gasteiger partial charge in [0.15, 0.2) is 6.10 Å². The van der Waals surface area contributed by atoms with Gasteiger partial charge in [0.1, 0.15) is 5.75 Å². The molecule has 0 heterocycles. The van der Waals surface area contributed by atoms with Gasteiger partial charge in [0, 0.05) is 6.54 Å². The maximum absolute atomic E-state index is 12.0. The van der Waals surface area contributed by atoms with E-state index in [0.717, 1.165) is 4.47 Å². The molecule has 5 heteroatoms. The number of rotatable bonds is 7. The zero-order chi connectivity index (χ0) is 15.2. The number of nitrogens with one attached hydrogen (secondary N) is 1. The van der Waals surface area contributed by atoms with Crippen LogP contribution in [0.1, 0.15) is 33.6 Å². The van der Waals surface area contributed by atoms with Crippen molar-refractivity contribution in [2.24, 2.45) is 0 Å². The summed E-state index contributed by atoms with van der Waals surface area (Å²) in [6.07, 6.45) is 0.582. The van der Waals surface area contributed by atoms with Gasteiger partial charge in [-0.25, -0.2) is 0 Å². The number of carbonyl (C=O) groups excluding carboxylic acids is 1. The first kappa shape index (κ1) is 17.0. The molecule has 1 aromatic rings. The summed E-state index contributed by atoms with van der Waals surface area (Å²) in [5, 5.41) is 12.9. The highest BCUT2D eigenvalue weighted by Crippen LogP contribution is 2.24. The minimum atomic E-state index is -0.845. The van der Waals surface area contributed by atoms with Crippen molar-refractivity contribution >= 4 is 21.8 Å². The van der Waals surface area contributed by atoms with Crippen LogP contribution >= 0.6 is 15.9 Å². The van der Waals surface area contributed by atoms with E-state index in [-0.39, 0.29) is 12.5 Å². The van der Waals surface area contributed by atoms with Crippen molar-refractivity contribution in [2.45, 2.75) is 45.3 Å². The second-order valence-corrected chi connectivity index (χ2v) is 5.69. The van der Waals surface area contributed by atoms with Crippen LogP contribution in [0.25, 0.3) is 0 Å². The SMILES string of the molecule is CCC(O)(CC)CNC(=O)C(C)Oc1ccccc1Br. The zero-order valence-corrected chi connectivity index (χ0v) is 13.7. The van der Waals surface area contributed by atoms with Crippen LogP contribution < -0.4 is 10.1 Å². The number of hydrogen-bond donors (Lipinski definition) is 2. The van der Waals surface area contributed by atoms with E-state index >= 15 is 0 Å². The van der Waals surface area contributed by atoms with Crippen LogP contribution in [0.2, 0.25) is 0 Å². The number of benzene rings is 1. The molecule has 0 aromatic heterocycles. The monoisotopic (exact) mass is 343 g/mol. The molecule has 0 bridgehead atoms. The van der Waals surface area contributed by atoms with Crippen molar-refractivity contribution in [3.8, 4) is 5.75 Å². The summed E-state index contributed by atoms with van der Waals surface area (Å²) >= 11 is 3.37. The van der Waals surface area contributed by atoms with Crippen LogP contribution in [0.3, 0.4) is 0 Å². The largest absolute Gasteiger partial charge is 0.480 e. The Morgan fingerprint density at radius 2 is 2.00 bits per heavy atom. The van der Waals surface area contributed by atoms with E-state index in [4.69, 9.17) is 4.74 Å². The summed E-state index contributed by atoms with van der Waals surface area (Å²) in [4.78, 5) is 12.0. The first-order valence-corrected chi connectivity index (χ1v) is 7.62. The number of carbonyl (C=O) groups is 1. The Bertz CT molecular complexity index is 446. The second kappa shape index (κ2) is 7.64. The van der Waals surface area contributed by atoms with Gasteiger partial charge in [0.05, 0.1) is 10.1 Å². The molecule has 0 saturated carbocycles. The van der Waals surface area contributed by atoms with E-state index in [0.29, 0.717) is 18.6 Å². The average molecular weight is 344 g/mol. The molecule has 0 spiro atoms. The quantitative estimate of drug-likeness (QED) is 0.800. The third-order valence-corrected chi connectivity index (χ3v) is 4.07. The molecule has 1 unspecified atom stereocenters. The first-order valence-electron chi connectivity index (χ1n) is 6.83. The molecule has 1 aromatic carbocycles. The van der Waals surface area contributed by atoms with Crippen LogP contribution in [0.5, 0.6) is 5.75 Å². The number of ether oxygens (including phenoxy) is 1. The van der Waals surface area contributed by atoms with Gasteiger partial charge in [-0.2, -0.15) is 0 Å². The Kier molecular flexibility index (Phi) is 6.49. The number of aliphatic hydroxyl groups is 1. The van der Waals surface area contributed by atoms with Crippen LogP contribution in [-0.4, -0.2) is 29.3 Å². The molecule has 1 atom stereocenters. The van der Waals surface area contributed by atoms with Crippen molar-refractivity contribution in [1.82, 2.24) is 5.32 Å². The first-order chi connectivity index (χ1) is 9.41. The van der Waals surface area contributed by atoms with Crippen molar-refractivity contribution < 1.29 is 14.6 Å². The molecular weight excluding hydrogens is 322 g/mol. The lowest BCUT2D eigenvalue weighted by Gasteiger charge is -2.26. The molecular formula is C15H22BrNO3. The molecule has 0 aliphatic rings. The van der Waals surface area contributed by atoms with E-state index in [1.54, 1.807) is 13.0 Å². The Hall–Kier alpha value is -1.07. The molecule has 0 aliphatic heterocycles. The van der Waals surface area contributed by atoms with Crippen molar-refractivity contribution in [3.63, 3.8) is 0 Å². The summed E-state index contributed by atoms with van der Waals surface area (Å²) in [7, 11) is 0. The number of hydrogen-bond acceptors (Lipinski definition) is 3. The minimum Gasteiger partial charge on any atom is -0.480 e. The molecule has 0 saturated heterocycles. The van der Waals surface area contributed by atoms with Gasteiger partial charge in [-0.05, 0) is 47.8 Å². The number of para-hydroxylation sites is 1. The lowest BCUT2D eigenvalue weighted by Crippen LogP contribution is -2.46. The molecule has 112 valence electrons. The molecule has 20 heavy (non-hydrogen) atoms. The molecule has 1 rings (SSSR count). The van der Waals surface area contributed by atoms with Gasteiger partial charge < -0.3 is 15.2 Å². The zero-order valence-electron chi connectivity index (χ0n) is 12.1. The van der Waals surface area contributed by atoms with E-state index in [2.05, 4.69) is 21.2 Å². The van der Waals surface area contributed by atoms with Crippen molar-refractivity contribution in [3.05, 3.63) is 28.7 Å². The molecule has 2 N–H and O–H groups in total. The van der Waals surface area contributed by atoms with Crippen LogP contribution in [-0.2, 0) is 4.79 Å². The highest BCUT2D eigenvalue weighted by Gasteiger charge is 2.24. The summed E-state index contributed by atoms with van der Waals surface area (Å²) in [6.45, 7) is 5.72. The maximum atomic E-state index is 12.0. The van der Waals surface area contributed by atoms with Gasteiger partial charge in [0.2, 0.25) is 0 Å². The molecule has 0 fully saturated rings. The molecule has 0 aliphatic carbocycles. The van der Waals surface area contributed by atoms with E-state index in [1.165, 1.54) is 0 Å². The summed E-state index contributed by atoms with van der Waals surface area (Å²) in [5.41, 5.74) is -0.845. The summed E-state index contributed by atoms with van der Waals surface area (Å²) < 4.78 is 6.40. The van der Waals surface area contributed by atoms with Gasteiger partial charge in [-0.15, -0.1) is 0 Å². The molecule has 1 amide bonds. The average Bonchev–Trinajstić information content (AvgIpc) is 2.46. The number of amides is 1. The molecule has 4 nitrogen and oxygen atoms in total. The lowest BCUT2D eigenvalue weighted by atomic mass is 9.97. The van der Waals surface area contributed by atoms with E-state index < -0.39 is 11.7 Å². The standard InChI is InChI=1S/C15H22BrNO3/c1-4-15(19,5-2)10-17-14(18)11(3)20-13-9-7-6-8-12(13)16/h6-9,11,19H,4-5,10H2,1-3H3,(H,17,18). The van der Waals surface area contributed by atoms with Gasteiger partial charge in [-0.1, -0.05) is 26.0 Å². The lowest BCUT2D eigenvalue weighted by molar-refractivity contribution is -0.128. The molecule has 0 radical (unpaired) electrons. The van der Waals surface area contributed by atoms with Crippen LogP contribution in [0.15, 0.2) is 28.7 Å².